The number of carbonyl (C=O) groups excluding carboxylic acids is 1. The minimum atomic E-state index is -3.36. The highest BCUT2D eigenvalue weighted by Gasteiger charge is 2.33. The molecule has 2 aromatic rings. The predicted molar refractivity (Wildman–Crippen MR) is 105 cm³/mol. The van der Waals surface area contributed by atoms with Gasteiger partial charge in [-0.05, 0) is 42.5 Å². The van der Waals surface area contributed by atoms with Crippen LogP contribution in [0.4, 0.5) is 5.69 Å². The molecular formula is C19H18ClNO5S. The number of hydrogen-bond donors (Lipinski definition) is 0. The van der Waals surface area contributed by atoms with Crippen LogP contribution in [0, 0.1) is 0 Å². The lowest BCUT2D eigenvalue weighted by Crippen LogP contribution is -2.41. The molecule has 1 atom stereocenters. The number of rotatable bonds is 5. The molecular weight excluding hydrogens is 390 g/mol. The number of sulfone groups is 1. The molecule has 6 nitrogen and oxygen atoms in total. The van der Waals surface area contributed by atoms with Gasteiger partial charge >= 0.3 is 0 Å². The summed E-state index contributed by atoms with van der Waals surface area (Å²) in [5.41, 5.74) is 0.833. The van der Waals surface area contributed by atoms with E-state index >= 15 is 0 Å². The molecule has 1 aliphatic rings. The smallest absolute Gasteiger partial charge is 0.258 e. The fourth-order valence-corrected chi connectivity index (χ4v) is 4.27. The average molecular weight is 408 g/mol. The van der Waals surface area contributed by atoms with Gasteiger partial charge in [-0.2, -0.15) is 0 Å². The molecule has 0 spiro atoms. The SMILES string of the molecule is COc1ccc(N(C(=O)c2ccc(Cl)cc2)[C@H]2C=CS(=O)(=O)C2)c(OC)c1. The van der Waals surface area contributed by atoms with E-state index in [1.165, 1.54) is 25.2 Å². The Labute approximate surface area is 162 Å². The molecule has 2 aromatic carbocycles. The van der Waals surface area contributed by atoms with Crippen LogP contribution in [0.2, 0.25) is 5.02 Å². The van der Waals surface area contributed by atoms with Gasteiger partial charge in [-0.3, -0.25) is 9.69 Å². The maximum atomic E-state index is 13.2. The number of methoxy groups -OCH3 is 2. The summed E-state index contributed by atoms with van der Waals surface area (Å²) in [5.74, 6) is 0.405. The highest BCUT2D eigenvalue weighted by molar-refractivity contribution is 7.94. The summed E-state index contributed by atoms with van der Waals surface area (Å²) in [4.78, 5) is 14.7. The number of amides is 1. The van der Waals surface area contributed by atoms with Gasteiger partial charge in [-0.15, -0.1) is 0 Å². The predicted octanol–water partition coefficient (Wildman–Crippen LogP) is 3.31. The third-order valence-corrected chi connectivity index (χ3v) is 5.83. The number of benzene rings is 2. The molecule has 0 unspecified atom stereocenters. The van der Waals surface area contributed by atoms with Crippen LogP contribution in [-0.4, -0.2) is 40.3 Å². The first-order valence-electron chi connectivity index (χ1n) is 8.07. The van der Waals surface area contributed by atoms with E-state index in [-0.39, 0.29) is 11.7 Å². The van der Waals surface area contributed by atoms with Crippen LogP contribution in [0.25, 0.3) is 0 Å². The molecule has 0 fully saturated rings. The van der Waals surface area contributed by atoms with Crippen LogP contribution in [-0.2, 0) is 9.84 Å². The van der Waals surface area contributed by atoms with Crippen molar-refractivity contribution in [1.29, 1.82) is 0 Å². The van der Waals surface area contributed by atoms with Crippen molar-refractivity contribution in [2.45, 2.75) is 6.04 Å². The Morgan fingerprint density at radius 2 is 1.81 bits per heavy atom. The highest BCUT2D eigenvalue weighted by atomic mass is 35.5. The summed E-state index contributed by atoms with van der Waals surface area (Å²) in [5, 5.41) is 1.64. The molecule has 1 aliphatic heterocycles. The Hall–Kier alpha value is -2.51. The van der Waals surface area contributed by atoms with Crippen LogP contribution in [0.5, 0.6) is 11.5 Å². The van der Waals surface area contributed by atoms with E-state index in [9.17, 15) is 13.2 Å². The summed E-state index contributed by atoms with van der Waals surface area (Å²) in [6.07, 6.45) is 1.51. The van der Waals surface area contributed by atoms with Gasteiger partial charge in [0.15, 0.2) is 9.84 Å². The van der Waals surface area contributed by atoms with E-state index in [0.29, 0.717) is 27.8 Å². The van der Waals surface area contributed by atoms with Crippen LogP contribution in [0.3, 0.4) is 0 Å². The molecule has 27 heavy (non-hydrogen) atoms. The Kier molecular flexibility index (Phi) is 5.43. The van der Waals surface area contributed by atoms with Crippen molar-refractivity contribution in [1.82, 2.24) is 0 Å². The Bertz CT molecular complexity index is 986. The molecule has 0 aliphatic carbocycles. The zero-order valence-corrected chi connectivity index (χ0v) is 16.3. The topological polar surface area (TPSA) is 72.9 Å². The first-order chi connectivity index (χ1) is 12.8. The molecule has 1 heterocycles. The minimum absolute atomic E-state index is 0.193. The lowest BCUT2D eigenvalue weighted by Gasteiger charge is -2.29. The molecule has 0 saturated carbocycles. The van der Waals surface area contributed by atoms with E-state index in [2.05, 4.69) is 0 Å². The second-order valence-corrected chi connectivity index (χ2v) is 8.31. The van der Waals surface area contributed by atoms with Crippen molar-refractivity contribution in [3.63, 3.8) is 0 Å². The number of hydrogen-bond acceptors (Lipinski definition) is 5. The van der Waals surface area contributed by atoms with Crippen molar-refractivity contribution in [3.8, 4) is 11.5 Å². The van der Waals surface area contributed by atoms with Gasteiger partial charge in [0.1, 0.15) is 11.5 Å². The van der Waals surface area contributed by atoms with Gasteiger partial charge in [0, 0.05) is 22.1 Å². The van der Waals surface area contributed by atoms with Crippen LogP contribution in [0.15, 0.2) is 53.9 Å². The molecule has 0 N–H and O–H groups in total. The largest absolute Gasteiger partial charge is 0.497 e. The second-order valence-electron chi connectivity index (χ2n) is 5.95. The summed E-state index contributed by atoms with van der Waals surface area (Å²) in [6, 6.07) is 10.8. The van der Waals surface area contributed by atoms with Crippen molar-refractivity contribution < 1.29 is 22.7 Å². The van der Waals surface area contributed by atoms with E-state index < -0.39 is 15.9 Å². The van der Waals surface area contributed by atoms with Gasteiger partial charge in [-0.25, -0.2) is 8.42 Å². The first-order valence-corrected chi connectivity index (χ1v) is 10.2. The fourth-order valence-electron chi connectivity index (χ4n) is 2.87. The fraction of sp³-hybridized carbons (Fsp3) is 0.211. The lowest BCUT2D eigenvalue weighted by atomic mass is 10.1. The number of halogens is 1. The van der Waals surface area contributed by atoms with Crippen LogP contribution >= 0.6 is 11.6 Å². The quantitative estimate of drug-likeness (QED) is 0.760. The van der Waals surface area contributed by atoms with Gasteiger partial charge in [0.25, 0.3) is 5.91 Å². The molecule has 0 bridgehead atoms. The van der Waals surface area contributed by atoms with Crippen molar-refractivity contribution in [3.05, 3.63) is 64.5 Å². The van der Waals surface area contributed by atoms with E-state index in [1.54, 1.807) is 42.5 Å². The van der Waals surface area contributed by atoms with E-state index in [4.69, 9.17) is 21.1 Å². The molecule has 0 saturated heterocycles. The third-order valence-electron chi connectivity index (χ3n) is 4.20. The lowest BCUT2D eigenvalue weighted by molar-refractivity contribution is 0.0982. The Morgan fingerprint density at radius 3 is 2.37 bits per heavy atom. The first kappa shape index (κ1) is 19.3. The van der Waals surface area contributed by atoms with Gasteiger partial charge < -0.3 is 9.47 Å². The van der Waals surface area contributed by atoms with Crippen molar-refractivity contribution >= 4 is 33.0 Å². The monoisotopic (exact) mass is 407 g/mol. The highest BCUT2D eigenvalue weighted by Crippen LogP contribution is 2.36. The maximum Gasteiger partial charge on any atom is 0.258 e. The number of ether oxygens (including phenoxy) is 2. The second kappa shape index (κ2) is 7.62. The zero-order valence-electron chi connectivity index (χ0n) is 14.8. The molecule has 142 valence electrons. The van der Waals surface area contributed by atoms with E-state index in [1.807, 2.05) is 0 Å². The normalized spacial score (nSPS) is 17.5. The molecule has 1 amide bonds. The van der Waals surface area contributed by atoms with Crippen LogP contribution in [0.1, 0.15) is 10.4 Å². The maximum absolute atomic E-state index is 13.2. The summed E-state index contributed by atoms with van der Waals surface area (Å²) >= 11 is 5.91. The van der Waals surface area contributed by atoms with E-state index in [0.717, 1.165) is 5.41 Å². The third kappa shape index (κ3) is 4.09. The number of anilines is 1. The summed E-state index contributed by atoms with van der Waals surface area (Å²) in [6.45, 7) is 0. The van der Waals surface area contributed by atoms with Gasteiger partial charge in [-0.1, -0.05) is 11.6 Å². The zero-order chi connectivity index (χ0) is 19.6. The average Bonchev–Trinajstić information content (AvgIpc) is 3.02. The molecule has 0 radical (unpaired) electrons. The number of carbonyl (C=O) groups is 1. The summed E-state index contributed by atoms with van der Waals surface area (Å²) < 4.78 is 34.5. The molecule has 3 rings (SSSR count). The molecule has 8 heteroatoms. The Balaban J connectivity index is 2.09. The summed E-state index contributed by atoms with van der Waals surface area (Å²) in [7, 11) is -0.363. The van der Waals surface area contributed by atoms with Gasteiger partial charge in [0.2, 0.25) is 0 Å². The van der Waals surface area contributed by atoms with Crippen molar-refractivity contribution in [2.75, 3.05) is 24.9 Å². The van der Waals surface area contributed by atoms with Crippen LogP contribution < -0.4 is 14.4 Å². The Morgan fingerprint density at radius 1 is 1.11 bits per heavy atom. The van der Waals surface area contributed by atoms with Gasteiger partial charge in [0.05, 0.1) is 31.7 Å². The number of nitrogens with zero attached hydrogens (tertiary/aromatic N) is 1. The molecule has 0 aromatic heterocycles. The minimum Gasteiger partial charge on any atom is -0.497 e. The van der Waals surface area contributed by atoms with Crippen molar-refractivity contribution in [2.24, 2.45) is 0 Å². The standard InChI is InChI=1S/C19H18ClNO5S/c1-25-16-7-8-17(18(11-16)26-2)21(15-9-10-27(23,24)12-15)19(22)13-3-5-14(20)6-4-13/h3-11,15H,12H2,1-2H3/t15-/m0/s1.